The summed E-state index contributed by atoms with van der Waals surface area (Å²) in [4.78, 5) is 35.7. The third kappa shape index (κ3) is 6.00. The number of nitrogens with one attached hydrogen (secondary N) is 2. The first-order valence-corrected chi connectivity index (χ1v) is 8.18. The van der Waals surface area contributed by atoms with E-state index < -0.39 is 23.9 Å². The number of esters is 1. The van der Waals surface area contributed by atoms with Crippen molar-refractivity contribution in [3.63, 3.8) is 0 Å². The highest BCUT2D eigenvalue weighted by Crippen LogP contribution is 2.18. The molecule has 0 aliphatic carbocycles. The molecule has 0 bridgehead atoms. The Labute approximate surface area is 156 Å². The van der Waals surface area contributed by atoms with E-state index in [1.807, 2.05) is 6.07 Å². The zero-order valence-electron chi connectivity index (χ0n) is 15.0. The van der Waals surface area contributed by atoms with Crippen molar-refractivity contribution in [3.05, 3.63) is 71.8 Å². The Bertz CT molecular complexity index is 833. The molecular formula is C20H20N2O5. The highest BCUT2D eigenvalue weighted by molar-refractivity contribution is 5.96. The monoisotopic (exact) mass is 368 g/mol. The maximum atomic E-state index is 11.9. The number of hydrazine groups is 1. The number of carbonyl (C=O) groups excluding carboxylic acids is 3. The van der Waals surface area contributed by atoms with E-state index in [4.69, 9.17) is 9.47 Å². The fourth-order valence-corrected chi connectivity index (χ4v) is 2.11. The van der Waals surface area contributed by atoms with Crippen molar-refractivity contribution in [2.24, 2.45) is 0 Å². The normalized spacial score (nSPS) is 11.5. The van der Waals surface area contributed by atoms with Gasteiger partial charge in [-0.15, -0.1) is 0 Å². The average molecular weight is 368 g/mol. The molecule has 0 aliphatic heterocycles. The molecule has 2 amide bonds. The van der Waals surface area contributed by atoms with Crippen molar-refractivity contribution in [2.45, 2.75) is 13.0 Å². The van der Waals surface area contributed by atoms with Crippen LogP contribution in [-0.2, 0) is 14.3 Å². The van der Waals surface area contributed by atoms with Crippen molar-refractivity contribution in [2.75, 3.05) is 7.11 Å². The Morgan fingerprint density at radius 3 is 2.33 bits per heavy atom. The summed E-state index contributed by atoms with van der Waals surface area (Å²) in [5, 5.41) is 0. The molecule has 27 heavy (non-hydrogen) atoms. The molecule has 0 aromatic heterocycles. The van der Waals surface area contributed by atoms with Gasteiger partial charge in [-0.1, -0.05) is 36.4 Å². The summed E-state index contributed by atoms with van der Waals surface area (Å²) in [6.45, 7) is 1.40. The van der Waals surface area contributed by atoms with E-state index in [1.54, 1.807) is 48.5 Å². The molecule has 0 heterocycles. The lowest BCUT2D eigenvalue weighted by molar-refractivity contribution is -0.150. The smallest absolute Gasteiger partial charge is 0.331 e. The largest absolute Gasteiger partial charge is 0.496 e. The fourth-order valence-electron chi connectivity index (χ4n) is 2.11. The molecule has 0 saturated heterocycles. The molecule has 0 aliphatic rings. The second-order valence-corrected chi connectivity index (χ2v) is 5.46. The van der Waals surface area contributed by atoms with Crippen LogP contribution in [0.5, 0.6) is 5.75 Å². The first-order valence-electron chi connectivity index (χ1n) is 8.18. The van der Waals surface area contributed by atoms with Gasteiger partial charge in [0.1, 0.15) is 5.75 Å². The first-order chi connectivity index (χ1) is 13.0. The van der Waals surface area contributed by atoms with Crippen LogP contribution in [0.3, 0.4) is 0 Å². The minimum Gasteiger partial charge on any atom is -0.496 e. The van der Waals surface area contributed by atoms with Gasteiger partial charge in [-0.3, -0.25) is 20.4 Å². The van der Waals surface area contributed by atoms with Gasteiger partial charge >= 0.3 is 5.97 Å². The quantitative estimate of drug-likeness (QED) is 0.463. The van der Waals surface area contributed by atoms with Crippen LogP contribution in [0.25, 0.3) is 6.08 Å². The van der Waals surface area contributed by atoms with E-state index in [2.05, 4.69) is 10.9 Å². The van der Waals surface area contributed by atoms with E-state index >= 15 is 0 Å². The zero-order chi connectivity index (χ0) is 19.6. The maximum Gasteiger partial charge on any atom is 0.331 e. The average Bonchev–Trinajstić information content (AvgIpc) is 2.70. The molecule has 1 atom stereocenters. The van der Waals surface area contributed by atoms with Gasteiger partial charge in [-0.25, -0.2) is 4.79 Å². The molecule has 2 aromatic carbocycles. The molecule has 0 spiro atoms. The number of amides is 2. The first kappa shape index (κ1) is 19.7. The summed E-state index contributed by atoms with van der Waals surface area (Å²) in [6.07, 6.45) is 1.64. The number of benzene rings is 2. The van der Waals surface area contributed by atoms with Gasteiger partial charge < -0.3 is 9.47 Å². The molecule has 2 aromatic rings. The van der Waals surface area contributed by atoms with Gasteiger partial charge in [0.2, 0.25) is 0 Å². The van der Waals surface area contributed by atoms with Crippen LogP contribution in [0.4, 0.5) is 0 Å². The summed E-state index contributed by atoms with van der Waals surface area (Å²) in [5.41, 5.74) is 5.57. The number of para-hydroxylation sites is 1. The summed E-state index contributed by atoms with van der Waals surface area (Å²) in [6, 6.07) is 15.5. The van der Waals surface area contributed by atoms with Gasteiger partial charge in [0.05, 0.1) is 7.11 Å². The highest BCUT2D eigenvalue weighted by atomic mass is 16.5. The maximum absolute atomic E-state index is 11.9. The molecule has 0 radical (unpaired) electrons. The summed E-state index contributed by atoms with van der Waals surface area (Å²) >= 11 is 0. The number of methoxy groups -OCH3 is 1. The fraction of sp³-hybridized carbons (Fsp3) is 0.150. The Morgan fingerprint density at radius 2 is 1.63 bits per heavy atom. The molecule has 2 N–H and O–H groups in total. The second kappa shape index (κ2) is 9.76. The van der Waals surface area contributed by atoms with E-state index in [1.165, 1.54) is 26.2 Å². The predicted molar refractivity (Wildman–Crippen MR) is 99.6 cm³/mol. The molecule has 7 nitrogen and oxygen atoms in total. The summed E-state index contributed by atoms with van der Waals surface area (Å²) in [5.74, 6) is -1.22. The molecule has 7 heteroatoms. The Balaban J connectivity index is 1.83. The lowest BCUT2D eigenvalue weighted by atomic mass is 10.2. The predicted octanol–water partition coefficient (Wildman–Crippen LogP) is 2.10. The highest BCUT2D eigenvalue weighted by Gasteiger charge is 2.17. The Morgan fingerprint density at radius 1 is 0.963 bits per heavy atom. The molecular weight excluding hydrogens is 348 g/mol. The lowest BCUT2D eigenvalue weighted by Crippen LogP contribution is -2.46. The minimum atomic E-state index is -1.09. The second-order valence-electron chi connectivity index (χ2n) is 5.46. The van der Waals surface area contributed by atoms with Gasteiger partial charge in [-0.2, -0.15) is 0 Å². The van der Waals surface area contributed by atoms with Crippen molar-refractivity contribution in [1.29, 1.82) is 0 Å². The van der Waals surface area contributed by atoms with Crippen LogP contribution >= 0.6 is 0 Å². The third-order valence-electron chi connectivity index (χ3n) is 3.54. The Hall–Kier alpha value is -3.61. The molecule has 140 valence electrons. The van der Waals surface area contributed by atoms with Crippen LogP contribution in [0, 0.1) is 0 Å². The van der Waals surface area contributed by atoms with E-state index in [-0.39, 0.29) is 0 Å². The van der Waals surface area contributed by atoms with Crippen molar-refractivity contribution in [1.82, 2.24) is 10.9 Å². The Kier molecular flexibility index (Phi) is 7.13. The van der Waals surface area contributed by atoms with Crippen molar-refractivity contribution >= 4 is 23.9 Å². The molecule has 0 unspecified atom stereocenters. The van der Waals surface area contributed by atoms with Crippen LogP contribution in [0.2, 0.25) is 0 Å². The lowest BCUT2D eigenvalue weighted by Gasteiger charge is -2.13. The number of carbonyl (C=O) groups is 3. The van der Waals surface area contributed by atoms with Crippen LogP contribution in [0.1, 0.15) is 22.8 Å². The number of hydrogen-bond donors (Lipinski definition) is 2. The van der Waals surface area contributed by atoms with Crippen molar-refractivity contribution < 1.29 is 23.9 Å². The van der Waals surface area contributed by atoms with Gasteiger partial charge in [0.15, 0.2) is 6.10 Å². The van der Waals surface area contributed by atoms with Crippen LogP contribution < -0.4 is 15.6 Å². The standard InChI is InChI=1S/C20H20N2O5/c1-14(19(24)21-22-20(25)16-9-4-3-5-10-16)27-18(23)13-12-15-8-6-7-11-17(15)26-2/h3-14H,1-2H3,(H,21,24)(H,22,25)/b13-12+/t14-/m0/s1. The molecule has 0 saturated carbocycles. The van der Waals surface area contributed by atoms with E-state index in [0.29, 0.717) is 16.9 Å². The zero-order valence-corrected chi connectivity index (χ0v) is 15.0. The van der Waals surface area contributed by atoms with Gasteiger partial charge in [0.25, 0.3) is 11.8 Å². The number of hydrogen-bond acceptors (Lipinski definition) is 5. The van der Waals surface area contributed by atoms with E-state index in [9.17, 15) is 14.4 Å². The van der Waals surface area contributed by atoms with Gasteiger partial charge in [-0.05, 0) is 31.2 Å². The summed E-state index contributed by atoms with van der Waals surface area (Å²) in [7, 11) is 1.53. The van der Waals surface area contributed by atoms with E-state index in [0.717, 1.165) is 0 Å². The van der Waals surface area contributed by atoms with Crippen LogP contribution in [-0.4, -0.2) is 31.0 Å². The summed E-state index contributed by atoms with van der Waals surface area (Å²) < 4.78 is 10.2. The number of ether oxygens (including phenoxy) is 2. The van der Waals surface area contributed by atoms with Gasteiger partial charge in [0, 0.05) is 17.2 Å². The van der Waals surface area contributed by atoms with Crippen molar-refractivity contribution in [3.8, 4) is 5.75 Å². The minimum absolute atomic E-state index is 0.391. The SMILES string of the molecule is COc1ccccc1/C=C/C(=O)O[C@@H](C)C(=O)NNC(=O)c1ccccc1. The third-order valence-corrected chi connectivity index (χ3v) is 3.54. The van der Waals surface area contributed by atoms with Crippen LogP contribution in [0.15, 0.2) is 60.7 Å². The molecule has 0 fully saturated rings. The number of rotatable bonds is 6. The molecule has 2 rings (SSSR count). The topological polar surface area (TPSA) is 93.7 Å².